The van der Waals surface area contributed by atoms with E-state index in [2.05, 4.69) is 75.5 Å². The molecule has 0 aliphatic heterocycles. The van der Waals surface area contributed by atoms with Crippen molar-refractivity contribution in [2.75, 3.05) is 6.54 Å². The number of benzene rings is 2. The van der Waals surface area contributed by atoms with Crippen molar-refractivity contribution < 1.29 is 0 Å². The Hall–Kier alpha value is -1.31. The molecule has 0 spiro atoms. The predicted molar refractivity (Wildman–Crippen MR) is 92.2 cm³/mol. The summed E-state index contributed by atoms with van der Waals surface area (Å²) in [7, 11) is 0. The van der Waals surface area contributed by atoms with E-state index in [0.29, 0.717) is 5.92 Å². The second-order valence-electron chi connectivity index (χ2n) is 5.69. The maximum Gasteiger partial charge on any atom is 0.0456 e. The molecule has 0 aromatic heterocycles. The third kappa shape index (κ3) is 3.66. The molecule has 2 aromatic rings. The molecule has 0 aliphatic rings. The van der Waals surface area contributed by atoms with E-state index >= 15 is 0 Å². The summed E-state index contributed by atoms with van der Waals surface area (Å²) >= 11 is 6.52. The highest BCUT2D eigenvalue weighted by atomic mass is 35.5. The summed E-state index contributed by atoms with van der Waals surface area (Å²) in [4.78, 5) is 0. The molecular weight excluding hydrogens is 278 g/mol. The Morgan fingerprint density at radius 2 is 1.67 bits per heavy atom. The molecule has 112 valence electrons. The van der Waals surface area contributed by atoms with Gasteiger partial charge in [0.1, 0.15) is 0 Å². The molecule has 0 saturated heterocycles. The molecular formula is C19H24ClN. The lowest BCUT2D eigenvalue weighted by molar-refractivity contribution is 0.479. The molecule has 2 rings (SSSR count). The summed E-state index contributed by atoms with van der Waals surface area (Å²) in [6, 6.07) is 15.1. The van der Waals surface area contributed by atoms with E-state index < -0.39 is 0 Å². The van der Waals surface area contributed by atoms with E-state index in [4.69, 9.17) is 11.6 Å². The fraction of sp³-hybridized carbons (Fsp3) is 0.368. The highest BCUT2D eigenvalue weighted by Gasteiger charge is 2.22. The number of likely N-dealkylation sites (N-methyl/N-ethyl adjacent to an activating group) is 1. The van der Waals surface area contributed by atoms with E-state index in [1.165, 1.54) is 22.3 Å². The van der Waals surface area contributed by atoms with Crippen molar-refractivity contribution in [3.8, 4) is 0 Å². The standard InChI is InChI=1S/C19H24ClN/c1-5-21-19(15(4)16-9-7-6-8-10-16)17-11-13(2)14(3)12-18(17)20/h6-12,15,19,21H,5H2,1-4H3. The van der Waals surface area contributed by atoms with Crippen LogP contribution >= 0.6 is 11.6 Å². The molecule has 0 radical (unpaired) electrons. The molecule has 0 heterocycles. The minimum Gasteiger partial charge on any atom is -0.310 e. The smallest absolute Gasteiger partial charge is 0.0456 e. The first-order valence-corrected chi connectivity index (χ1v) is 7.97. The normalized spacial score (nSPS) is 14.0. The van der Waals surface area contributed by atoms with Gasteiger partial charge in [-0.1, -0.05) is 61.8 Å². The zero-order valence-electron chi connectivity index (χ0n) is 13.3. The van der Waals surface area contributed by atoms with Gasteiger partial charge < -0.3 is 5.32 Å². The number of aryl methyl sites for hydroxylation is 2. The number of hydrogen-bond donors (Lipinski definition) is 1. The Balaban J connectivity index is 2.42. The molecule has 0 amide bonds. The first kappa shape index (κ1) is 16.1. The molecule has 2 heteroatoms. The topological polar surface area (TPSA) is 12.0 Å². The van der Waals surface area contributed by atoms with E-state index in [9.17, 15) is 0 Å². The molecule has 0 aliphatic carbocycles. The predicted octanol–water partition coefficient (Wildman–Crippen LogP) is 5.41. The molecule has 21 heavy (non-hydrogen) atoms. The minimum atomic E-state index is 0.226. The van der Waals surface area contributed by atoms with Gasteiger partial charge in [-0.05, 0) is 48.7 Å². The van der Waals surface area contributed by atoms with Gasteiger partial charge in [-0.2, -0.15) is 0 Å². The third-order valence-electron chi connectivity index (χ3n) is 4.20. The van der Waals surface area contributed by atoms with Crippen molar-refractivity contribution in [1.82, 2.24) is 5.32 Å². The van der Waals surface area contributed by atoms with E-state index in [-0.39, 0.29) is 6.04 Å². The van der Waals surface area contributed by atoms with Crippen molar-refractivity contribution in [3.63, 3.8) is 0 Å². The van der Waals surface area contributed by atoms with Gasteiger partial charge in [0.25, 0.3) is 0 Å². The van der Waals surface area contributed by atoms with Crippen LogP contribution in [0.25, 0.3) is 0 Å². The van der Waals surface area contributed by atoms with Crippen LogP contribution in [0.15, 0.2) is 42.5 Å². The molecule has 0 fully saturated rings. The number of halogens is 1. The molecule has 1 N–H and O–H groups in total. The summed E-state index contributed by atoms with van der Waals surface area (Å²) in [6.45, 7) is 9.57. The first-order chi connectivity index (χ1) is 10.0. The van der Waals surface area contributed by atoms with Gasteiger partial charge in [0, 0.05) is 17.0 Å². The minimum absolute atomic E-state index is 0.226. The number of hydrogen-bond acceptors (Lipinski definition) is 1. The van der Waals surface area contributed by atoms with Crippen LogP contribution in [-0.4, -0.2) is 6.54 Å². The van der Waals surface area contributed by atoms with Crippen molar-refractivity contribution in [1.29, 1.82) is 0 Å². The van der Waals surface area contributed by atoms with E-state index in [1.807, 2.05) is 0 Å². The van der Waals surface area contributed by atoms with E-state index in [0.717, 1.165) is 11.6 Å². The molecule has 0 bridgehead atoms. The van der Waals surface area contributed by atoms with E-state index in [1.54, 1.807) is 0 Å². The maximum atomic E-state index is 6.52. The van der Waals surface area contributed by atoms with Gasteiger partial charge in [-0.25, -0.2) is 0 Å². The highest BCUT2D eigenvalue weighted by molar-refractivity contribution is 6.31. The summed E-state index contributed by atoms with van der Waals surface area (Å²) < 4.78 is 0. The van der Waals surface area contributed by atoms with Crippen LogP contribution in [0.1, 0.15) is 48.1 Å². The zero-order chi connectivity index (χ0) is 15.4. The Morgan fingerprint density at radius 3 is 2.29 bits per heavy atom. The van der Waals surface area contributed by atoms with Gasteiger partial charge in [0.15, 0.2) is 0 Å². The van der Waals surface area contributed by atoms with Crippen molar-refractivity contribution in [2.45, 2.75) is 39.7 Å². The Labute approximate surface area is 133 Å². The average Bonchev–Trinajstić information content (AvgIpc) is 2.49. The first-order valence-electron chi connectivity index (χ1n) is 7.59. The molecule has 2 atom stereocenters. The van der Waals surface area contributed by atoms with Gasteiger partial charge >= 0.3 is 0 Å². The van der Waals surface area contributed by atoms with Crippen LogP contribution in [0.2, 0.25) is 5.02 Å². The van der Waals surface area contributed by atoms with Gasteiger partial charge in [-0.15, -0.1) is 0 Å². The second kappa shape index (κ2) is 7.11. The lowest BCUT2D eigenvalue weighted by atomic mass is 9.87. The molecule has 2 unspecified atom stereocenters. The number of nitrogens with one attached hydrogen (secondary N) is 1. The van der Waals surface area contributed by atoms with Gasteiger partial charge in [-0.3, -0.25) is 0 Å². The monoisotopic (exact) mass is 301 g/mol. The van der Waals surface area contributed by atoms with Crippen LogP contribution in [0.5, 0.6) is 0 Å². The lowest BCUT2D eigenvalue weighted by Crippen LogP contribution is -2.26. The Morgan fingerprint density at radius 1 is 1.05 bits per heavy atom. The van der Waals surface area contributed by atoms with Crippen LogP contribution < -0.4 is 5.32 Å². The van der Waals surface area contributed by atoms with Crippen molar-refractivity contribution >= 4 is 11.6 Å². The second-order valence-corrected chi connectivity index (χ2v) is 6.10. The van der Waals surface area contributed by atoms with Gasteiger partial charge in [0.05, 0.1) is 0 Å². The Kier molecular flexibility index (Phi) is 5.44. The quantitative estimate of drug-likeness (QED) is 0.778. The maximum absolute atomic E-state index is 6.52. The zero-order valence-corrected chi connectivity index (χ0v) is 14.0. The lowest BCUT2D eigenvalue weighted by Gasteiger charge is -2.27. The van der Waals surface area contributed by atoms with Crippen molar-refractivity contribution in [3.05, 3.63) is 69.7 Å². The SMILES string of the molecule is CCNC(c1cc(C)c(C)cc1Cl)C(C)c1ccccc1. The van der Waals surface area contributed by atoms with Crippen molar-refractivity contribution in [2.24, 2.45) is 0 Å². The average molecular weight is 302 g/mol. The van der Waals surface area contributed by atoms with Crippen LogP contribution in [-0.2, 0) is 0 Å². The molecule has 0 saturated carbocycles. The van der Waals surface area contributed by atoms with Crippen LogP contribution in [0.3, 0.4) is 0 Å². The van der Waals surface area contributed by atoms with Gasteiger partial charge in [0.2, 0.25) is 0 Å². The van der Waals surface area contributed by atoms with Crippen LogP contribution in [0.4, 0.5) is 0 Å². The Bertz CT molecular complexity index is 592. The fourth-order valence-corrected chi connectivity index (χ4v) is 3.10. The largest absolute Gasteiger partial charge is 0.310 e. The molecule has 2 aromatic carbocycles. The highest BCUT2D eigenvalue weighted by Crippen LogP contribution is 2.35. The summed E-state index contributed by atoms with van der Waals surface area (Å²) in [5.41, 5.74) is 5.06. The fourth-order valence-electron chi connectivity index (χ4n) is 2.77. The van der Waals surface area contributed by atoms with Crippen LogP contribution in [0, 0.1) is 13.8 Å². The number of rotatable bonds is 5. The summed E-state index contributed by atoms with van der Waals surface area (Å²) in [6.07, 6.45) is 0. The summed E-state index contributed by atoms with van der Waals surface area (Å²) in [5, 5.41) is 4.45. The molecule has 1 nitrogen and oxygen atoms in total. The third-order valence-corrected chi connectivity index (χ3v) is 4.52. The summed E-state index contributed by atoms with van der Waals surface area (Å²) in [5.74, 6) is 0.366.